The molecule has 8 heteroatoms. The molecular weight excluding hydrogens is 306 g/mol. The molecule has 0 N–H and O–H groups in total. The first-order valence-corrected chi connectivity index (χ1v) is 6.62. The van der Waals surface area contributed by atoms with Gasteiger partial charge in [-0.3, -0.25) is 0 Å². The Bertz CT molecular complexity index is 680. The Labute approximate surface area is 121 Å². The van der Waals surface area contributed by atoms with Gasteiger partial charge in [-0.1, -0.05) is 30.3 Å². The summed E-state index contributed by atoms with van der Waals surface area (Å²) < 4.78 is 51.2. The highest BCUT2D eigenvalue weighted by atomic mass is 32.2. The quantitative estimate of drug-likeness (QED) is 0.491. The molecule has 0 bridgehead atoms. The molecule has 0 saturated heterocycles. The van der Waals surface area contributed by atoms with Crippen LogP contribution in [-0.4, -0.2) is 9.97 Å². The Morgan fingerprint density at radius 1 is 1.14 bits per heavy atom. The fraction of sp³-hybridized carbons (Fsp3) is 0.154. The van der Waals surface area contributed by atoms with Gasteiger partial charge in [-0.2, -0.15) is 27.8 Å². The second kappa shape index (κ2) is 6.10. The van der Waals surface area contributed by atoms with Crippen molar-refractivity contribution in [2.45, 2.75) is 17.0 Å². The van der Waals surface area contributed by atoms with E-state index in [1.54, 1.807) is 30.3 Å². The van der Waals surface area contributed by atoms with Crippen LogP contribution in [0.3, 0.4) is 0 Å². The minimum absolute atomic E-state index is 0.267. The van der Waals surface area contributed by atoms with E-state index < -0.39 is 23.5 Å². The van der Waals surface area contributed by atoms with Crippen molar-refractivity contribution in [3.8, 4) is 6.07 Å². The highest BCUT2D eigenvalue weighted by Crippen LogP contribution is 2.31. The molecule has 0 aliphatic carbocycles. The van der Waals surface area contributed by atoms with Crippen LogP contribution >= 0.6 is 11.8 Å². The van der Waals surface area contributed by atoms with Crippen molar-refractivity contribution in [2.24, 2.45) is 0 Å². The molecule has 0 radical (unpaired) electrons. The number of aromatic nitrogens is 2. The number of thioether (sulfide) groups is 1. The van der Waals surface area contributed by atoms with Crippen molar-refractivity contribution < 1.29 is 17.6 Å². The summed E-state index contributed by atoms with van der Waals surface area (Å²) >= 11 is 0.856. The van der Waals surface area contributed by atoms with Gasteiger partial charge in [-0.25, -0.2) is 4.98 Å². The third-order valence-electron chi connectivity index (χ3n) is 2.42. The van der Waals surface area contributed by atoms with Crippen LogP contribution in [0, 0.1) is 17.3 Å². The fourth-order valence-electron chi connectivity index (χ4n) is 1.47. The Morgan fingerprint density at radius 2 is 1.81 bits per heavy atom. The van der Waals surface area contributed by atoms with Gasteiger partial charge < -0.3 is 0 Å². The van der Waals surface area contributed by atoms with Crippen molar-refractivity contribution >= 4 is 11.8 Å². The van der Waals surface area contributed by atoms with E-state index in [0.717, 1.165) is 17.3 Å². The largest absolute Gasteiger partial charge is 0.451 e. The maximum Gasteiger partial charge on any atom is 0.451 e. The first-order chi connectivity index (χ1) is 9.91. The minimum Gasteiger partial charge on any atom is -0.216 e. The SMILES string of the molecule is N#Cc1c(F)nc(C(F)(F)F)nc1SCc1ccccc1. The molecule has 21 heavy (non-hydrogen) atoms. The standard InChI is InChI=1S/C13H7F4N3S/c14-10-9(6-18)11(20-12(19-10)13(15,16)17)21-7-8-4-2-1-3-5-8/h1-5H,7H2. The van der Waals surface area contributed by atoms with E-state index in [9.17, 15) is 17.6 Å². The lowest BCUT2D eigenvalue weighted by atomic mass is 10.2. The lowest BCUT2D eigenvalue weighted by Gasteiger charge is -2.09. The second-order valence-corrected chi connectivity index (χ2v) is 4.87. The number of nitriles is 1. The van der Waals surface area contributed by atoms with Crippen LogP contribution in [0.4, 0.5) is 17.6 Å². The van der Waals surface area contributed by atoms with Gasteiger partial charge in [0.1, 0.15) is 16.7 Å². The van der Waals surface area contributed by atoms with Crippen LogP contribution in [0.25, 0.3) is 0 Å². The highest BCUT2D eigenvalue weighted by Gasteiger charge is 2.36. The van der Waals surface area contributed by atoms with E-state index in [2.05, 4.69) is 9.97 Å². The van der Waals surface area contributed by atoms with Gasteiger partial charge in [0.2, 0.25) is 11.8 Å². The van der Waals surface area contributed by atoms with Crippen LogP contribution in [-0.2, 0) is 11.9 Å². The zero-order valence-corrected chi connectivity index (χ0v) is 11.2. The molecule has 2 rings (SSSR count). The Hall–Kier alpha value is -2.14. The lowest BCUT2D eigenvalue weighted by Crippen LogP contribution is -2.14. The normalized spacial score (nSPS) is 11.2. The Balaban J connectivity index is 2.33. The molecule has 3 nitrogen and oxygen atoms in total. The van der Waals surface area contributed by atoms with Crippen LogP contribution in [0.15, 0.2) is 35.4 Å². The van der Waals surface area contributed by atoms with Crippen molar-refractivity contribution in [1.82, 2.24) is 9.97 Å². The molecule has 1 aromatic carbocycles. The molecule has 0 saturated carbocycles. The molecule has 1 heterocycles. The monoisotopic (exact) mass is 313 g/mol. The van der Waals surface area contributed by atoms with Gasteiger partial charge >= 0.3 is 6.18 Å². The molecule has 0 aliphatic heterocycles. The average molecular weight is 313 g/mol. The molecule has 0 amide bonds. The van der Waals surface area contributed by atoms with E-state index in [4.69, 9.17) is 5.26 Å². The van der Waals surface area contributed by atoms with Crippen molar-refractivity contribution in [1.29, 1.82) is 5.26 Å². The highest BCUT2D eigenvalue weighted by molar-refractivity contribution is 7.98. The molecular formula is C13H7F4N3S. The molecule has 0 aliphatic rings. The maximum atomic E-state index is 13.5. The summed E-state index contributed by atoms with van der Waals surface area (Å²) in [4.78, 5) is 5.95. The number of nitrogens with zero attached hydrogens (tertiary/aromatic N) is 3. The third kappa shape index (κ3) is 3.70. The van der Waals surface area contributed by atoms with Gasteiger partial charge in [0.15, 0.2) is 0 Å². The van der Waals surface area contributed by atoms with Crippen molar-refractivity contribution in [3.05, 3.63) is 53.2 Å². The summed E-state index contributed by atoms with van der Waals surface area (Å²) in [7, 11) is 0. The molecule has 0 spiro atoms. The van der Waals surface area contributed by atoms with E-state index in [1.165, 1.54) is 6.07 Å². The van der Waals surface area contributed by atoms with Gasteiger partial charge in [0.05, 0.1) is 0 Å². The number of hydrogen-bond donors (Lipinski definition) is 0. The lowest BCUT2D eigenvalue weighted by molar-refractivity contribution is -0.145. The summed E-state index contributed by atoms with van der Waals surface area (Å²) in [5.41, 5.74) is 0.239. The summed E-state index contributed by atoms with van der Waals surface area (Å²) in [5, 5.41) is 8.51. The Morgan fingerprint density at radius 3 is 2.38 bits per heavy atom. The number of rotatable bonds is 3. The van der Waals surface area contributed by atoms with Gasteiger partial charge in [0.25, 0.3) is 0 Å². The zero-order valence-electron chi connectivity index (χ0n) is 10.4. The number of halogens is 4. The first-order valence-electron chi connectivity index (χ1n) is 5.63. The van der Waals surface area contributed by atoms with Gasteiger partial charge in [-0.15, -0.1) is 11.8 Å². The summed E-state index contributed by atoms with van der Waals surface area (Å²) in [6.07, 6.45) is -4.86. The fourth-order valence-corrected chi connectivity index (χ4v) is 2.39. The molecule has 2 aromatic rings. The van der Waals surface area contributed by atoms with Gasteiger partial charge in [-0.05, 0) is 5.56 Å². The predicted molar refractivity (Wildman–Crippen MR) is 67.7 cm³/mol. The Kier molecular flexibility index (Phi) is 4.43. The zero-order chi connectivity index (χ0) is 15.5. The molecule has 0 fully saturated rings. The smallest absolute Gasteiger partial charge is 0.216 e. The molecule has 0 atom stereocenters. The topological polar surface area (TPSA) is 49.6 Å². The molecule has 0 unspecified atom stereocenters. The van der Waals surface area contributed by atoms with E-state index in [1.807, 2.05) is 0 Å². The molecule has 108 valence electrons. The second-order valence-electron chi connectivity index (χ2n) is 3.90. The van der Waals surface area contributed by atoms with E-state index in [0.29, 0.717) is 0 Å². The summed E-state index contributed by atoms with van der Waals surface area (Å²) in [6.45, 7) is 0. The predicted octanol–water partition coefficient (Wildman–Crippen LogP) is 3.80. The maximum absolute atomic E-state index is 13.5. The van der Waals surface area contributed by atoms with Crippen molar-refractivity contribution in [2.75, 3.05) is 0 Å². The average Bonchev–Trinajstić information content (AvgIpc) is 2.44. The summed E-state index contributed by atoms with van der Waals surface area (Å²) in [5.74, 6) is -2.78. The number of hydrogen-bond acceptors (Lipinski definition) is 4. The first kappa shape index (κ1) is 15.3. The van der Waals surface area contributed by atoms with Gasteiger partial charge in [0, 0.05) is 5.75 Å². The third-order valence-corrected chi connectivity index (χ3v) is 3.46. The molecule has 1 aromatic heterocycles. The van der Waals surface area contributed by atoms with Crippen LogP contribution in [0.1, 0.15) is 17.0 Å². The minimum atomic E-state index is -4.86. The number of benzene rings is 1. The van der Waals surface area contributed by atoms with E-state index in [-0.39, 0.29) is 10.8 Å². The van der Waals surface area contributed by atoms with Crippen LogP contribution < -0.4 is 0 Å². The van der Waals surface area contributed by atoms with Crippen molar-refractivity contribution in [3.63, 3.8) is 0 Å². The van der Waals surface area contributed by atoms with Crippen LogP contribution in [0.5, 0.6) is 0 Å². The number of alkyl halides is 3. The van der Waals surface area contributed by atoms with Crippen LogP contribution in [0.2, 0.25) is 0 Å². The summed E-state index contributed by atoms with van der Waals surface area (Å²) in [6, 6.07) is 10.3. The van der Waals surface area contributed by atoms with E-state index >= 15 is 0 Å².